The van der Waals surface area contributed by atoms with Gasteiger partial charge >= 0.3 is 0 Å². The van der Waals surface area contributed by atoms with E-state index in [9.17, 15) is 9.59 Å². The molecule has 0 bridgehead atoms. The van der Waals surface area contributed by atoms with Gasteiger partial charge in [0.25, 0.3) is 5.56 Å². The number of amides is 1. The topological polar surface area (TPSA) is 81.3 Å². The van der Waals surface area contributed by atoms with E-state index in [2.05, 4.69) is 48.4 Å². The first-order chi connectivity index (χ1) is 16.4. The molecule has 2 atom stereocenters. The van der Waals surface area contributed by atoms with Gasteiger partial charge in [-0.1, -0.05) is 75.0 Å². The molecule has 0 radical (unpaired) electrons. The van der Waals surface area contributed by atoms with Crippen LogP contribution in [0.25, 0.3) is 16.7 Å². The second-order valence-corrected chi connectivity index (χ2v) is 10.4. The van der Waals surface area contributed by atoms with E-state index in [0.717, 1.165) is 11.9 Å². The Kier molecular flexibility index (Phi) is 7.36. The summed E-state index contributed by atoms with van der Waals surface area (Å²) in [6.45, 7) is 9.36. The number of nitrogens with zero attached hydrogens (tertiary/aromatic N) is 4. The summed E-state index contributed by atoms with van der Waals surface area (Å²) in [6, 6.07) is 17.6. The third-order valence-corrected chi connectivity index (χ3v) is 7.05. The van der Waals surface area contributed by atoms with Crippen molar-refractivity contribution in [3.05, 3.63) is 70.5 Å². The standard InChI is InChI=1S/C26H31N5O2S/c1-17(2)14-15-30-24(33)21-12-8-9-13-22(21)31-25(30)28-29-26(31)34-19(4)23(32)27-16-18(3)20-10-6-5-7-11-20/h5-13,17-19H,14-16H2,1-4H3,(H,27,32). The summed E-state index contributed by atoms with van der Waals surface area (Å²) in [6.07, 6.45) is 0.863. The van der Waals surface area contributed by atoms with E-state index in [1.54, 1.807) is 4.57 Å². The van der Waals surface area contributed by atoms with E-state index in [0.29, 0.717) is 35.3 Å². The van der Waals surface area contributed by atoms with Crippen molar-refractivity contribution >= 4 is 34.3 Å². The molecule has 7 nitrogen and oxygen atoms in total. The number of fused-ring (bicyclic) bond motifs is 3. The van der Waals surface area contributed by atoms with E-state index in [1.165, 1.54) is 17.3 Å². The minimum Gasteiger partial charge on any atom is -0.355 e. The maximum absolute atomic E-state index is 13.2. The smallest absolute Gasteiger partial charge is 0.262 e. The van der Waals surface area contributed by atoms with Crippen molar-refractivity contribution < 1.29 is 4.79 Å². The highest BCUT2D eigenvalue weighted by Crippen LogP contribution is 2.25. The van der Waals surface area contributed by atoms with E-state index in [4.69, 9.17) is 0 Å². The average Bonchev–Trinajstić information content (AvgIpc) is 3.26. The van der Waals surface area contributed by atoms with E-state index >= 15 is 0 Å². The number of para-hydroxylation sites is 1. The Morgan fingerprint density at radius 3 is 2.44 bits per heavy atom. The van der Waals surface area contributed by atoms with Crippen LogP contribution in [0.3, 0.4) is 0 Å². The Bertz CT molecular complexity index is 1350. The van der Waals surface area contributed by atoms with Crippen molar-refractivity contribution in [2.45, 2.75) is 57.0 Å². The zero-order valence-electron chi connectivity index (χ0n) is 20.1. The van der Waals surface area contributed by atoms with Crippen molar-refractivity contribution in [1.82, 2.24) is 24.5 Å². The van der Waals surface area contributed by atoms with Gasteiger partial charge in [-0.15, -0.1) is 10.2 Å². The van der Waals surface area contributed by atoms with Crippen molar-refractivity contribution in [3.8, 4) is 0 Å². The number of carbonyl (C=O) groups excluding carboxylic acids is 1. The molecular formula is C26H31N5O2S. The third kappa shape index (κ3) is 5.01. The molecule has 4 aromatic rings. The molecule has 1 N–H and O–H groups in total. The lowest BCUT2D eigenvalue weighted by atomic mass is 10.0. The molecule has 0 aliphatic heterocycles. The number of nitrogens with one attached hydrogen (secondary N) is 1. The van der Waals surface area contributed by atoms with Crippen LogP contribution in [0.5, 0.6) is 0 Å². The normalized spacial score (nSPS) is 13.4. The highest BCUT2D eigenvalue weighted by molar-refractivity contribution is 8.00. The van der Waals surface area contributed by atoms with Gasteiger partial charge in [-0.05, 0) is 42.9 Å². The average molecular weight is 478 g/mol. The summed E-state index contributed by atoms with van der Waals surface area (Å²) in [5, 5.41) is 12.6. The van der Waals surface area contributed by atoms with Crippen molar-refractivity contribution in [2.24, 2.45) is 5.92 Å². The molecule has 4 rings (SSSR count). The highest BCUT2D eigenvalue weighted by Gasteiger charge is 2.22. The molecule has 2 unspecified atom stereocenters. The molecule has 0 spiro atoms. The molecule has 0 aliphatic carbocycles. The van der Waals surface area contributed by atoms with Crippen molar-refractivity contribution in [2.75, 3.05) is 6.54 Å². The number of hydrogen-bond acceptors (Lipinski definition) is 5. The Labute approximate surface area is 203 Å². The van der Waals surface area contributed by atoms with E-state index < -0.39 is 0 Å². The van der Waals surface area contributed by atoms with Crippen molar-refractivity contribution in [1.29, 1.82) is 0 Å². The monoisotopic (exact) mass is 477 g/mol. The highest BCUT2D eigenvalue weighted by atomic mass is 32.2. The molecule has 0 saturated heterocycles. The number of rotatable bonds is 9. The van der Waals surface area contributed by atoms with Crippen LogP contribution < -0.4 is 10.9 Å². The van der Waals surface area contributed by atoms with E-state index in [-0.39, 0.29) is 22.6 Å². The summed E-state index contributed by atoms with van der Waals surface area (Å²) in [5.41, 5.74) is 1.88. The number of hydrogen-bond donors (Lipinski definition) is 1. The fourth-order valence-electron chi connectivity index (χ4n) is 3.91. The van der Waals surface area contributed by atoms with Gasteiger partial charge in [0.2, 0.25) is 11.7 Å². The number of benzene rings is 2. The second-order valence-electron chi connectivity index (χ2n) is 9.09. The van der Waals surface area contributed by atoms with Crippen LogP contribution in [0, 0.1) is 5.92 Å². The predicted molar refractivity (Wildman–Crippen MR) is 137 cm³/mol. The first kappa shape index (κ1) is 24.0. The minimum absolute atomic E-state index is 0.0537. The minimum atomic E-state index is -0.370. The Morgan fingerprint density at radius 2 is 1.71 bits per heavy atom. The van der Waals surface area contributed by atoms with Gasteiger partial charge in [0.1, 0.15) is 0 Å². The van der Waals surface area contributed by atoms with Crippen LogP contribution in [-0.2, 0) is 11.3 Å². The van der Waals surface area contributed by atoms with Gasteiger partial charge in [-0.2, -0.15) is 0 Å². The molecule has 0 aliphatic rings. The largest absolute Gasteiger partial charge is 0.355 e. The molecular weight excluding hydrogens is 446 g/mol. The second kappa shape index (κ2) is 10.4. The summed E-state index contributed by atoms with van der Waals surface area (Å²) in [4.78, 5) is 26.0. The first-order valence-electron chi connectivity index (χ1n) is 11.7. The van der Waals surface area contributed by atoms with Crippen LogP contribution in [0.2, 0.25) is 0 Å². The molecule has 2 aromatic carbocycles. The van der Waals surface area contributed by atoms with Crippen LogP contribution in [0.4, 0.5) is 0 Å². The van der Waals surface area contributed by atoms with Gasteiger partial charge in [0.15, 0.2) is 5.16 Å². The lowest BCUT2D eigenvalue weighted by Crippen LogP contribution is -2.33. The van der Waals surface area contributed by atoms with Gasteiger partial charge in [0, 0.05) is 13.1 Å². The maximum atomic E-state index is 13.2. The van der Waals surface area contributed by atoms with E-state index in [1.807, 2.05) is 53.8 Å². The maximum Gasteiger partial charge on any atom is 0.262 e. The molecule has 0 fully saturated rings. The van der Waals surface area contributed by atoms with Crippen LogP contribution >= 0.6 is 11.8 Å². The Balaban J connectivity index is 1.58. The van der Waals surface area contributed by atoms with Gasteiger partial charge < -0.3 is 5.32 Å². The number of aryl methyl sites for hydroxylation is 1. The predicted octanol–water partition coefficient (Wildman–Crippen LogP) is 4.49. The van der Waals surface area contributed by atoms with Crippen LogP contribution in [0.1, 0.15) is 45.6 Å². The SMILES string of the molecule is CC(C)CCn1c(=O)c2ccccc2n2c(SC(C)C(=O)NCC(C)c3ccccc3)nnc12. The zero-order chi connectivity index (χ0) is 24.2. The number of thioether (sulfide) groups is 1. The summed E-state index contributed by atoms with van der Waals surface area (Å²) >= 11 is 1.35. The van der Waals surface area contributed by atoms with Gasteiger partial charge in [-0.3, -0.25) is 18.6 Å². The molecule has 0 saturated carbocycles. The molecule has 2 heterocycles. The Hall–Kier alpha value is -3.13. The lowest BCUT2D eigenvalue weighted by Gasteiger charge is -2.16. The molecule has 1 amide bonds. The van der Waals surface area contributed by atoms with Gasteiger partial charge in [-0.25, -0.2) is 0 Å². The summed E-state index contributed by atoms with van der Waals surface area (Å²) < 4.78 is 3.60. The Morgan fingerprint density at radius 1 is 1.00 bits per heavy atom. The lowest BCUT2D eigenvalue weighted by molar-refractivity contribution is -0.120. The fourth-order valence-corrected chi connectivity index (χ4v) is 4.79. The van der Waals surface area contributed by atoms with Gasteiger partial charge in [0.05, 0.1) is 16.2 Å². The third-order valence-electron chi connectivity index (χ3n) is 6.01. The number of aromatic nitrogens is 4. The quantitative estimate of drug-likeness (QED) is 0.359. The zero-order valence-corrected chi connectivity index (χ0v) is 20.9. The first-order valence-corrected chi connectivity index (χ1v) is 12.6. The van der Waals surface area contributed by atoms with Crippen molar-refractivity contribution in [3.63, 3.8) is 0 Å². The van der Waals surface area contributed by atoms with Crippen LogP contribution in [0.15, 0.2) is 64.5 Å². The molecule has 34 heavy (non-hydrogen) atoms. The molecule has 8 heteroatoms. The molecule has 178 valence electrons. The fraction of sp³-hybridized carbons (Fsp3) is 0.385. The summed E-state index contributed by atoms with van der Waals surface area (Å²) in [7, 11) is 0. The molecule has 2 aromatic heterocycles. The van der Waals surface area contributed by atoms with Crippen LogP contribution in [-0.4, -0.2) is 36.9 Å². The summed E-state index contributed by atoms with van der Waals surface area (Å²) in [5.74, 6) is 1.13. The number of carbonyl (C=O) groups is 1.